The predicted octanol–water partition coefficient (Wildman–Crippen LogP) is 1.21. The monoisotopic (exact) mass is 304 g/mol. The van der Waals surface area contributed by atoms with E-state index < -0.39 is 9.84 Å². The molecule has 2 N–H and O–H groups in total. The van der Waals surface area contributed by atoms with Crippen LogP contribution in [0.15, 0.2) is 18.2 Å². The van der Waals surface area contributed by atoms with Gasteiger partial charge >= 0.3 is 0 Å². The minimum atomic E-state index is -2.90. The number of halogens is 1. The molecule has 0 spiro atoms. The molecule has 0 unspecified atom stereocenters. The molecule has 0 radical (unpaired) electrons. The topological polar surface area (TPSA) is 63.4 Å². The number of sulfone groups is 1. The zero-order valence-electron chi connectivity index (χ0n) is 9.60. The maximum absolute atomic E-state index is 11.4. The number of anilines is 1. The summed E-state index contributed by atoms with van der Waals surface area (Å²) in [4.78, 5) is 2.24. The highest BCUT2D eigenvalue weighted by Crippen LogP contribution is 2.25. The van der Waals surface area contributed by atoms with Crippen LogP contribution in [0.4, 0.5) is 5.69 Å². The van der Waals surface area contributed by atoms with Crippen LogP contribution in [0.3, 0.4) is 0 Å². The van der Waals surface area contributed by atoms with Crippen molar-refractivity contribution in [1.82, 2.24) is 0 Å². The molecule has 0 atom stereocenters. The van der Waals surface area contributed by atoms with Gasteiger partial charge in [0.1, 0.15) is 4.99 Å². The summed E-state index contributed by atoms with van der Waals surface area (Å²) in [5.74, 6) is 0.318. The van der Waals surface area contributed by atoms with E-state index in [0.29, 0.717) is 23.7 Å². The molecule has 0 aliphatic carbocycles. The molecule has 1 fully saturated rings. The van der Waals surface area contributed by atoms with Crippen molar-refractivity contribution in [2.45, 2.75) is 0 Å². The summed E-state index contributed by atoms with van der Waals surface area (Å²) in [7, 11) is -2.90. The van der Waals surface area contributed by atoms with Gasteiger partial charge < -0.3 is 10.6 Å². The van der Waals surface area contributed by atoms with E-state index in [0.717, 1.165) is 5.69 Å². The smallest absolute Gasteiger partial charge is 0.153 e. The number of hydrogen-bond donors (Lipinski definition) is 1. The molecule has 1 aliphatic heterocycles. The largest absolute Gasteiger partial charge is 0.389 e. The Labute approximate surface area is 117 Å². The summed E-state index contributed by atoms with van der Waals surface area (Å²) < 4.78 is 22.8. The Balaban J connectivity index is 2.32. The molecular weight excluding hydrogens is 292 g/mol. The third-order valence-corrected chi connectivity index (χ3v) is 4.97. The van der Waals surface area contributed by atoms with E-state index in [1.807, 2.05) is 11.0 Å². The summed E-state index contributed by atoms with van der Waals surface area (Å²) in [6.45, 7) is 0.916. The van der Waals surface area contributed by atoms with Crippen LogP contribution in [-0.2, 0) is 9.84 Å². The SMILES string of the molecule is NC(=S)c1cc(Cl)ccc1N1CCS(=O)(=O)CC1. The van der Waals surface area contributed by atoms with Crippen LogP contribution >= 0.6 is 23.8 Å². The van der Waals surface area contributed by atoms with Crippen molar-refractivity contribution < 1.29 is 8.42 Å². The third-order valence-electron chi connectivity index (χ3n) is 2.91. The van der Waals surface area contributed by atoms with Gasteiger partial charge in [-0.15, -0.1) is 0 Å². The molecule has 98 valence electrons. The lowest BCUT2D eigenvalue weighted by atomic mass is 10.1. The molecule has 2 rings (SSSR count). The highest BCUT2D eigenvalue weighted by molar-refractivity contribution is 7.91. The molecule has 4 nitrogen and oxygen atoms in total. The molecule has 7 heteroatoms. The van der Waals surface area contributed by atoms with Gasteiger partial charge in [0.15, 0.2) is 9.84 Å². The predicted molar refractivity (Wildman–Crippen MR) is 78.2 cm³/mol. The van der Waals surface area contributed by atoms with Gasteiger partial charge in [0.2, 0.25) is 0 Å². The number of rotatable bonds is 2. The van der Waals surface area contributed by atoms with Gasteiger partial charge in [-0.1, -0.05) is 23.8 Å². The van der Waals surface area contributed by atoms with E-state index >= 15 is 0 Å². The van der Waals surface area contributed by atoms with Crippen LogP contribution < -0.4 is 10.6 Å². The highest BCUT2D eigenvalue weighted by Gasteiger charge is 2.23. The van der Waals surface area contributed by atoms with Gasteiger partial charge in [0, 0.05) is 29.4 Å². The fraction of sp³-hybridized carbons (Fsp3) is 0.364. The Hall–Kier alpha value is -0.850. The first-order valence-electron chi connectivity index (χ1n) is 5.44. The maximum atomic E-state index is 11.4. The second-order valence-electron chi connectivity index (χ2n) is 4.16. The van der Waals surface area contributed by atoms with Crippen LogP contribution in [0.1, 0.15) is 5.56 Å². The molecule has 1 aromatic carbocycles. The van der Waals surface area contributed by atoms with Crippen molar-refractivity contribution >= 4 is 44.3 Å². The highest BCUT2D eigenvalue weighted by atomic mass is 35.5. The summed E-state index contributed by atoms with van der Waals surface area (Å²) in [5, 5.41) is 0.561. The number of hydrogen-bond acceptors (Lipinski definition) is 4. The standard InChI is InChI=1S/C11H13ClN2O2S2/c12-8-1-2-10(9(7-8)11(13)17)14-3-5-18(15,16)6-4-14/h1-2,7H,3-6H2,(H2,13,17). The molecule has 1 aliphatic rings. The van der Waals surface area contributed by atoms with Crippen molar-refractivity contribution in [3.8, 4) is 0 Å². The average Bonchev–Trinajstić information content (AvgIpc) is 2.29. The first-order chi connectivity index (χ1) is 8.39. The lowest BCUT2D eigenvalue weighted by Crippen LogP contribution is -2.41. The first kappa shape index (κ1) is 13.6. The van der Waals surface area contributed by atoms with E-state index in [4.69, 9.17) is 29.6 Å². The van der Waals surface area contributed by atoms with Crippen molar-refractivity contribution in [1.29, 1.82) is 0 Å². The van der Waals surface area contributed by atoms with Gasteiger partial charge in [-0.3, -0.25) is 0 Å². The lowest BCUT2D eigenvalue weighted by molar-refractivity contribution is 0.587. The number of thiocarbonyl (C=S) groups is 1. The second kappa shape index (κ2) is 5.03. The Morgan fingerprint density at radius 3 is 2.50 bits per heavy atom. The molecule has 1 aromatic rings. The molecule has 18 heavy (non-hydrogen) atoms. The fourth-order valence-electron chi connectivity index (χ4n) is 1.93. The van der Waals surface area contributed by atoms with Gasteiger partial charge in [-0.25, -0.2) is 8.42 Å². The van der Waals surface area contributed by atoms with Crippen LogP contribution in [0.2, 0.25) is 5.02 Å². The van der Waals surface area contributed by atoms with Crippen molar-refractivity contribution in [2.24, 2.45) is 5.73 Å². The Morgan fingerprint density at radius 2 is 1.94 bits per heavy atom. The number of nitrogens with two attached hydrogens (primary N) is 1. The molecule has 0 saturated carbocycles. The molecule has 1 saturated heterocycles. The average molecular weight is 305 g/mol. The zero-order chi connectivity index (χ0) is 13.3. The summed E-state index contributed by atoms with van der Waals surface area (Å²) in [5.41, 5.74) is 7.21. The van der Waals surface area contributed by atoms with Crippen molar-refractivity contribution in [2.75, 3.05) is 29.5 Å². The summed E-state index contributed by atoms with van der Waals surface area (Å²) in [6.07, 6.45) is 0. The molecule has 0 amide bonds. The molecular formula is C11H13ClN2O2S2. The normalized spacial score (nSPS) is 18.6. The van der Waals surface area contributed by atoms with E-state index in [-0.39, 0.29) is 16.5 Å². The zero-order valence-corrected chi connectivity index (χ0v) is 12.0. The molecule has 1 heterocycles. The quantitative estimate of drug-likeness (QED) is 0.832. The second-order valence-corrected chi connectivity index (χ2v) is 7.34. The Morgan fingerprint density at radius 1 is 1.33 bits per heavy atom. The Bertz CT molecular complexity index is 573. The third kappa shape index (κ3) is 2.93. The Kier molecular flexibility index (Phi) is 3.79. The van der Waals surface area contributed by atoms with Gasteiger partial charge in [0.25, 0.3) is 0 Å². The van der Waals surface area contributed by atoms with Gasteiger partial charge in [0.05, 0.1) is 11.5 Å². The van der Waals surface area contributed by atoms with Crippen LogP contribution in [0.5, 0.6) is 0 Å². The number of benzene rings is 1. The lowest BCUT2D eigenvalue weighted by Gasteiger charge is -2.30. The van der Waals surface area contributed by atoms with Gasteiger partial charge in [-0.2, -0.15) is 0 Å². The summed E-state index contributed by atoms with van der Waals surface area (Å²) >= 11 is 10.9. The first-order valence-corrected chi connectivity index (χ1v) is 8.04. The van der Waals surface area contributed by atoms with Crippen LogP contribution in [-0.4, -0.2) is 38.0 Å². The van der Waals surface area contributed by atoms with Gasteiger partial charge in [-0.05, 0) is 18.2 Å². The minimum absolute atomic E-state index is 0.159. The van der Waals surface area contributed by atoms with E-state index in [1.54, 1.807) is 12.1 Å². The van der Waals surface area contributed by atoms with Crippen LogP contribution in [0.25, 0.3) is 0 Å². The van der Waals surface area contributed by atoms with Crippen LogP contribution in [0, 0.1) is 0 Å². The maximum Gasteiger partial charge on any atom is 0.153 e. The minimum Gasteiger partial charge on any atom is -0.389 e. The van der Waals surface area contributed by atoms with E-state index in [1.165, 1.54) is 0 Å². The van der Waals surface area contributed by atoms with Crippen molar-refractivity contribution in [3.63, 3.8) is 0 Å². The van der Waals surface area contributed by atoms with Crippen molar-refractivity contribution in [3.05, 3.63) is 28.8 Å². The number of nitrogens with zero attached hydrogens (tertiary/aromatic N) is 1. The van der Waals surface area contributed by atoms with E-state index in [9.17, 15) is 8.42 Å². The molecule has 0 bridgehead atoms. The summed E-state index contributed by atoms with van der Waals surface area (Å²) in [6, 6.07) is 5.29. The van der Waals surface area contributed by atoms with E-state index in [2.05, 4.69) is 0 Å². The molecule has 0 aromatic heterocycles. The fourth-order valence-corrected chi connectivity index (χ4v) is 3.47.